The predicted octanol–water partition coefficient (Wildman–Crippen LogP) is 1.47. The molecule has 2 N–H and O–H groups in total. The predicted molar refractivity (Wildman–Crippen MR) is 68.6 cm³/mol. The Balaban J connectivity index is 2.23. The molecule has 0 saturated carbocycles. The van der Waals surface area contributed by atoms with Crippen LogP contribution < -0.4 is 5.32 Å². The van der Waals surface area contributed by atoms with Crippen LogP contribution in [-0.2, 0) is 0 Å². The highest BCUT2D eigenvalue weighted by Gasteiger charge is 2.27. The second kappa shape index (κ2) is 5.99. The second-order valence-corrected chi connectivity index (χ2v) is 6.09. The van der Waals surface area contributed by atoms with Crippen molar-refractivity contribution in [2.24, 2.45) is 5.41 Å². The molecule has 0 aromatic heterocycles. The van der Waals surface area contributed by atoms with Crippen LogP contribution in [0, 0.1) is 5.41 Å². The summed E-state index contributed by atoms with van der Waals surface area (Å²) in [6.45, 7) is 9.37. The van der Waals surface area contributed by atoms with Crippen molar-refractivity contribution in [2.75, 3.05) is 26.7 Å². The summed E-state index contributed by atoms with van der Waals surface area (Å²) in [6, 6.07) is 1.35. The van der Waals surface area contributed by atoms with Gasteiger partial charge in [0.05, 0.1) is 0 Å². The highest BCUT2D eigenvalue weighted by atomic mass is 16.2. The molecular weight excluding hydrogens is 200 g/mol. The maximum atomic E-state index is 8.85. The minimum atomic E-state index is 0.299. The first kappa shape index (κ1) is 13.9. The SMILES string of the molecule is CC1CC(NCC(C)(C)CCCO)CN1C. The van der Waals surface area contributed by atoms with Crippen molar-refractivity contribution >= 4 is 0 Å². The van der Waals surface area contributed by atoms with Gasteiger partial charge in [-0.2, -0.15) is 0 Å². The number of likely N-dealkylation sites (tertiary alicyclic amines) is 1. The van der Waals surface area contributed by atoms with Crippen molar-refractivity contribution in [1.82, 2.24) is 10.2 Å². The summed E-state index contributed by atoms with van der Waals surface area (Å²) in [6.07, 6.45) is 3.26. The molecule has 0 aliphatic carbocycles. The van der Waals surface area contributed by atoms with Crippen molar-refractivity contribution in [2.45, 2.75) is 52.1 Å². The highest BCUT2D eigenvalue weighted by molar-refractivity contribution is 4.86. The third-order valence-electron chi connectivity index (χ3n) is 3.77. The average molecular weight is 228 g/mol. The number of nitrogens with zero attached hydrogens (tertiary/aromatic N) is 1. The molecule has 3 heteroatoms. The van der Waals surface area contributed by atoms with Gasteiger partial charge in [-0.1, -0.05) is 13.8 Å². The number of hydrogen-bond acceptors (Lipinski definition) is 3. The smallest absolute Gasteiger partial charge is 0.0431 e. The van der Waals surface area contributed by atoms with Gasteiger partial charge in [0.25, 0.3) is 0 Å². The van der Waals surface area contributed by atoms with Crippen LogP contribution in [0.2, 0.25) is 0 Å². The lowest BCUT2D eigenvalue weighted by Gasteiger charge is -2.26. The van der Waals surface area contributed by atoms with Gasteiger partial charge in [-0.05, 0) is 38.6 Å². The first-order valence-corrected chi connectivity index (χ1v) is 6.49. The Morgan fingerprint density at radius 1 is 1.44 bits per heavy atom. The fraction of sp³-hybridized carbons (Fsp3) is 1.00. The molecule has 1 aliphatic rings. The van der Waals surface area contributed by atoms with Crippen LogP contribution >= 0.6 is 0 Å². The van der Waals surface area contributed by atoms with Crippen LogP contribution in [-0.4, -0.2) is 48.8 Å². The monoisotopic (exact) mass is 228 g/mol. The number of likely N-dealkylation sites (N-methyl/N-ethyl adjacent to an activating group) is 1. The molecule has 96 valence electrons. The quantitative estimate of drug-likeness (QED) is 0.722. The van der Waals surface area contributed by atoms with Crippen LogP contribution in [0.3, 0.4) is 0 Å². The summed E-state index contributed by atoms with van der Waals surface area (Å²) in [4.78, 5) is 2.42. The standard InChI is InChI=1S/C13H28N2O/c1-11-8-12(9-15(11)4)14-10-13(2,3)6-5-7-16/h11-12,14,16H,5-10H2,1-4H3. The van der Waals surface area contributed by atoms with E-state index in [9.17, 15) is 0 Å². The van der Waals surface area contributed by atoms with Gasteiger partial charge in [0.1, 0.15) is 0 Å². The molecule has 0 aromatic carbocycles. The third kappa shape index (κ3) is 4.40. The zero-order chi connectivity index (χ0) is 12.2. The average Bonchev–Trinajstić information content (AvgIpc) is 2.53. The third-order valence-corrected chi connectivity index (χ3v) is 3.77. The molecular formula is C13H28N2O. The van der Waals surface area contributed by atoms with Crippen LogP contribution in [0.1, 0.15) is 40.0 Å². The summed E-state index contributed by atoms with van der Waals surface area (Å²) in [7, 11) is 2.20. The van der Waals surface area contributed by atoms with Gasteiger partial charge < -0.3 is 15.3 Å². The molecule has 1 rings (SSSR count). The molecule has 0 amide bonds. The zero-order valence-corrected chi connectivity index (χ0v) is 11.3. The van der Waals surface area contributed by atoms with E-state index in [-0.39, 0.29) is 0 Å². The molecule has 2 unspecified atom stereocenters. The van der Waals surface area contributed by atoms with E-state index in [4.69, 9.17) is 5.11 Å². The van der Waals surface area contributed by atoms with E-state index in [0.717, 1.165) is 25.9 Å². The molecule has 1 aliphatic heterocycles. The van der Waals surface area contributed by atoms with Crippen LogP contribution in [0.5, 0.6) is 0 Å². The van der Waals surface area contributed by atoms with Gasteiger partial charge in [-0.25, -0.2) is 0 Å². The van der Waals surface area contributed by atoms with Gasteiger partial charge in [-0.15, -0.1) is 0 Å². The Labute approximate surface area is 100 Å². The first-order valence-electron chi connectivity index (χ1n) is 6.49. The fourth-order valence-electron chi connectivity index (χ4n) is 2.41. The minimum Gasteiger partial charge on any atom is -0.396 e. The topological polar surface area (TPSA) is 35.5 Å². The Hall–Kier alpha value is -0.120. The first-order chi connectivity index (χ1) is 7.44. The van der Waals surface area contributed by atoms with Gasteiger partial charge in [0.2, 0.25) is 0 Å². The molecule has 1 heterocycles. The van der Waals surface area contributed by atoms with E-state index < -0.39 is 0 Å². The van der Waals surface area contributed by atoms with Crippen molar-refractivity contribution in [3.8, 4) is 0 Å². The summed E-state index contributed by atoms with van der Waals surface area (Å²) in [5.74, 6) is 0. The van der Waals surface area contributed by atoms with Gasteiger partial charge >= 0.3 is 0 Å². The van der Waals surface area contributed by atoms with E-state index in [2.05, 4.69) is 38.0 Å². The molecule has 16 heavy (non-hydrogen) atoms. The highest BCUT2D eigenvalue weighted by Crippen LogP contribution is 2.22. The lowest BCUT2D eigenvalue weighted by atomic mass is 9.87. The number of aliphatic hydroxyl groups is 1. The normalized spacial score (nSPS) is 27.6. The summed E-state index contributed by atoms with van der Waals surface area (Å²) < 4.78 is 0. The summed E-state index contributed by atoms with van der Waals surface area (Å²) >= 11 is 0. The number of rotatable bonds is 6. The van der Waals surface area contributed by atoms with E-state index in [0.29, 0.717) is 24.1 Å². The number of aliphatic hydroxyl groups excluding tert-OH is 1. The fourth-order valence-corrected chi connectivity index (χ4v) is 2.41. The lowest BCUT2D eigenvalue weighted by molar-refractivity contribution is 0.231. The largest absolute Gasteiger partial charge is 0.396 e. The van der Waals surface area contributed by atoms with Crippen molar-refractivity contribution in [3.63, 3.8) is 0 Å². The number of nitrogens with one attached hydrogen (secondary N) is 1. The van der Waals surface area contributed by atoms with Crippen LogP contribution in [0.4, 0.5) is 0 Å². The minimum absolute atomic E-state index is 0.299. The molecule has 0 aromatic rings. The maximum absolute atomic E-state index is 8.85. The van der Waals surface area contributed by atoms with E-state index in [1.807, 2.05) is 0 Å². The Kier molecular flexibility index (Phi) is 5.22. The molecule has 1 fully saturated rings. The van der Waals surface area contributed by atoms with Crippen molar-refractivity contribution in [1.29, 1.82) is 0 Å². The number of hydrogen-bond donors (Lipinski definition) is 2. The summed E-state index contributed by atoms with van der Waals surface area (Å²) in [5.41, 5.74) is 0.299. The maximum Gasteiger partial charge on any atom is 0.0431 e. The molecule has 1 saturated heterocycles. The lowest BCUT2D eigenvalue weighted by Crippen LogP contribution is -2.38. The molecule has 0 bridgehead atoms. The van der Waals surface area contributed by atoms with E-state index >= 15 is 0 Å². The Morgan fingerprint density at radius 3 is 2.62 bits per heavy atom. The zero-order valence-electron chi connectivity index (χ0n) is 11.3. The Bertz CT molecular complexity index is 196. The molecule has 3 nitrogen and oxygen atoms in total. The van der Waals surface area contributed by atoms with Crippen molar-refractivity contribution < 1.29 is 5.11 Å². The van der Waals surface area contributed by atoms with Crippen LogP contribution in [0.15, 0.2) is 0 Å². The molecule has 0 spiro atoms. The molecule has 2 atom stereocenters. The van der Waals surface area contributed by atoms with Crippen molar-refractivity contribution in [3.05, 3.63) is 0 Å². The summed E-state index contributed by atoms with van der Waals surface area (Å²) in [5, 5.41) is 12.5. The Morgan fingerprint density at radius 2 is 2.12 bits per heavy atom. The van der Waals surface area contributed by atoms with Gasteiger partial charge in [-0.3, -0.25) is 0 Å². The van der Waals surface area contributed by atoms with Gasteiger partial charge in [0, 0.05) is 31.8 Å². The van der Waals surface area contributed by atoms with E-state index in [1.54, 1.807) is 0 Å². The van der Waals surface area contributed by atoms with E-state index in [1.165, 1.54) is 6.42 Å². The van der Waals surface area contributed by atoms with Crippen LogP contribution in [0.25, 0.3) is 0 Å². The molecule has 0 radical (unpaired) electrons. The van der Waals surface area contributed by atoms with Gasteiger partial charge in [0.15, 0.2) is 0 Å². The second-order valence-electron chi connectivity index (χ2n) is 6.09.